The van der Waals surface area contributed by atoms with Gasteiger partial charge >= 0.3 is 0 Å². The molecule has 0 aliphatic carbocycles. The fraction of sp³-hybridized carbons (Fsp3) is 0.471. The van der Waals surface area contributed by atoms with Crippen LogP contribution in [0.15, 0.2) is 24.3 Å². The number of benzene rings is 1. The quantitative estimate of drug-likeness (QED) is 0.712. The minimum Gasteiger partial charge on any atom is -0.368 e. The number of rotatable bonds is 7. The van der Waals surface area contributed by atoms with Crippen molar-refractivity contribution >= 4 is 17.7 Å². The summed E-state index contributed by atoms with van der Waals surface area (Å²) >= 11 is 0. The normalized spacial score (nSPS) is 17.9. The van der Waals surface area contributed by atoms with Crippen molar-refractivity contribution in [1.82, 2.24) is 9.80 Å². The third-order valence-corrected chi connectivity index (χ3v) is 4.16. The number of halogens is 1. The average Bonchev–Trinajstić information content (AvgIpc) is 2.53. The Morgan fingerprint density at radius 1 is 1.20 bits per heavy atom. The maximum absolute atomic E-state index is 13.3. The third-order valence-electron chi connectivity index (χ3n) is 4.16. The van der Waals surface area contributed by atoms with Gasteiger partial charge in [-0.2, -0.15) is 0 Å². The lowest BCUT2D eigenvalue weighted by Crippen LogP contribution is -2.49. The molecule has 1 heterocycles. The Balaban J connectivity index is 2.01. The molecule has 4 N–H and O–H groups in total. The van der Waals surface area contributed by atoms with Gasteiger partial charge in [0.1, 0.15) is 5.82 Å². The van der Waals surface area contributed by atoms with Crippen LogP contribution in [-0.2, 0) is 20.9 Å². The molecule has 1 unspecified atom stereocenters. The molecular formula is C17H23FN4O3. The lowest BCUT2D eigenvalue weighted by atomic mass is 9.96. The lowest BCUT2D eigenvalue weighted by molar-refractivity contribution is -0.142. The van der Waals surface area contributed by atoms with Crippen LogP contribution in [0.4, 0.5) is 4.39 Å². The van der Waals surface area contributed by atoms with E-state index >= 15 is 0 Å². The summed E-state index contributed by atoms with van der Waals surface area (Å²) in [5.74, 6) is -2.33. The van der Waals surface area contributed by atoms with Crippen LogP contribution in [0.1, 0.15) is 18.4 Å². The topological polar surface area (TPSA) is 110 Å². The number of hydrogen-bond acceptors (Lipinski definition) is 4. The van der Waals surface area contributed by atoms with Crippen LogP contribution in [0.2, 0.25) is 0 Å². The van der Waals surface area contributed by atoms with Crippen LogP contribution < -0.4 is 11.5 Å². The van der Waals surface area contributed by atoms with Crippen molar-refractivity contribution in [2.45, 2.75) is 19.4 Å². The molecule has 1 aromatic carbocycles. The molecule has 7 nitrogen and oxygen atoms in total. The fourth-order valence-corrected chi connectivity index (χ4v) is 3.14. The van der Waals surface area contributed by atoms with Crippen LogP contribution in [0.3, 0.4) is 0 Å². The predicted molar refractivity (Wildman–Crippen MR) is 89.4 cm³/mol. The molecule has 0 spiro atoms. The van der Waals surface area contributed by atoms with Gasteiger partial charge in [-0.25, -0.2) is 4.39 Å². The average molecular weight is 350 g/mol. The zero-order valence-corrected chi connectivity index (χ0v) is 14.0. The molecule has 1 saturated heterocycles. The third kappa shape index (κ3) is 5.82. The van der Waals surface area contributed by atoms with Gasteiger partial charge in [0.05, 0.1) is 19.0 Å². The van der Waals surface area contributed by atoms with Gasteiger partial charge in [-0.05, 0) is 37.1 Å². The van der Waals surface area contributed by atoms with Gasteiger partial charge in [-0.3, -0.25) is 19.3 Å². The Labute approximate surface area is 145 Å². The number of primary amides is 2. The smallest absolute Gasteiger partial charge is 0.237 e. The standard InChI is InChI=1S/C17H23FN4O3/c18-14-5-1-3-12(7-14)8-21-6-2-4-13(9-21)17(25)22(10-15(19)23)11-16(20)24/h1,3,5,7,13H,2,4,6,8-11H2,(H2,19,23)(H2,20,24). The van der Waals surface area contributed by atoms with Gasteiger partial charge in [-0.1, -0.05) is 12.1 Å². The first kappa shape index (κ1) is 18.9. The number of nitrogens with two attached hydrogens (primary N) is 2. The van der Waals surface area contributed by atoms with Gasteiger partial charge in [0.15, 0.2) is 0 Å². The van der Waals surface area contributed by atoms with Crippen molar-refractivity contribution < 1.29 is 18.8 Å². The molecule has 25 heavy (non-hydrogen) atoms. The summed E-state index contributed by atoms with van der Waals surface area (Å²) < 4.78 is 13.3. The first-order chi connectivity index (χ1) is 11.8. The molecule has 0 saturated carbocycles. The Bertz CT molecular complexity index is 637. The Morgan fingerprint density at radius 3 is 2.48 bits per heavy atom. The summed E-state index contributed by atoms with van der Waals surface area (Å²) in [6, 6.07) is 6.34. The van der Waals surface area contributed by atoms with E-state index in [4.69, 9.17) is 11.5 Å². The predicted octanol–water partition coefficient (Wildman–Crippen LogP) is -0.163. The number of amides is 3. The van der Waals surface area contributed by atoms with Crippen LogP contribution in [0, 0.1) is 11.7 Å². The van der Waals surface area contributed by atoms with Gasteiger partial charge in [-0.15, -0.1) is 0 Å². The zero-order chi connectivity index (χ0) is 18.4. The second kappa shape index (κ2) is 8.57. The molecule has 3 amide bonds. The van der Waals surface area contributed by atoms with Crippen molar-refractivity contribution in [3.8, 4) is 0 Å². The van der Waals surface area contributed by atoms with E-state index in [9.17, 15) is 18.8 Å². The van der Waals surface area contributed by atoms with E-state index in [1.807, 2.05) is 6.07 Å². The summed E-state index contributed by atoms with van der Waals surface area (Å²) in [5.41, 5.74) is 11.1. The molecule has 136 valence electrons. The van der Waals surface area contributed by atoms with Crippen LogP contribution in [-0.4, -0.2) is 53.7 Å². The zero-order valence-electron chi connectivity index (χ0n) is 14.0. The molecule has 1 fully saturated rings. The van der Waals surface area contributed by atoms with E-state index in [1.54, 1.807) is 6.07 Å². The van der Waals surface area contributed by atoms with Crippen molar-refractivity contribution in [2.24, 2.45) is 17.4 Å². The highest BCUT2D eigenvalue weighted by Crippen LogP contribution is 2.21. The molecule has 0 aromatic heterocycles. The van der Waals surface area contributed by atoms with Crippen molar-refractivity contribution in [3.05, 3.63) is 35.6 Å². The Kier molecular flexibility index (Phi) is 6.46. The molecule has 1 atom stereocenters. The molecule has 1 aliphatic rings. The maximum atomic E-state index is 13.3. The fourth-order valence-electron chi connectivity index (χ4n) is 3.14. The molecule has 1 aromatic rings. The van der Waals surface area contributed by atoms with Gasteiger partial charge in [0.25, 0.3) is 0 Å². The van der Waals surface area contributed by atoms with Gasteiger partial charge in [0, 0.05) is 13.1 Å². The van der Waals surface area contributed by atoms with E-state index in [0.717, 1.165) is 23.4 Å². The molecule has 0 bridgehead atoms. The number of hydrogen-bond donors (Lipinski definition) is 2. The highest BCUT2D eigenvalue weighted by Gasteiger charge is 2.30. The van der Waals surface area contributed by atoms with Crippen molar-refractivity contribution in [2.75, 3.05) is 26.2 Å². The van der Waals surface area contributed by atoms with Crippen molar-refractivity contribution in [1.29, 1.82) is 0 Å². The first-order valence-corrected chi connectivity index (χ1v) is 8.17. The minimum absolute atomic E-state index is 0.295. The summed E-state index contributed by atoms with van der Waals surface area (Å²) in [5, 5.41) is 0. The van der Waals surface area contributed by atoms with Gasteiger partial charge in [0.2, 0.25) is 17.7 Å². The summed E-state index contributed by atoms with van der Waals surface area (Å²) in [7, 11) is 0. The van der Waals surface area contributed by atoms with Gasteiger partial charge < -0.3 is 16.4 Å². The lowest BCUT2D eigenvalue weighted by Gasteiger charge is -2.34. The summed E-state index contributed by atoms with van der Waals surface area (Å²) in [6.07, 6.45) is 1.46. The summed E-state index contributed by atoms with van der Waals surface area (Å²) in [4.78, 5) is 38.1. The number of likely N-dealkylation sites (tertiary alicyclic amines) is 1. The minimum atomic E-state index is -0.693. The molecule has 8 heteroatoms. The van der Waals surface area contributed by atoms with E-state index in [-0.39, 0.29) is 30.7 Å². The molecule has 2 rings (SSSR count). The molecular weight excluding hydrogens is 327 g/mol. The highest BCUT2D eigenvalue weighted by atomic mass is 19.1. The number of nitrogens with zero attached hydrogens (tertiary/aromatic N) is 2. The molecule has 1 aliphatic heterocycles. The van der Waals surface area contributed by atoms with E-state index in [1.165, 1.54) is 12.1 Å². The van der Waals surface area contributed by atoms with E-state index in [0.29, 0.717) is 19.5 Å². The Morgan fingerprint density at radius 2 is 1.88 bits per heavy atom. The van der Waals surface area contributed by atoms with Crippen LogP contribution >= 0.6 is 0 Å². The monoisotopic (exact) mass is 350 g/mol. The number of carbonyl (C=O) groups is 3. The van der Waals surface area contributed by atoms with E-state index < -0.39 is 11.8 Å². The van der Waals surface area contributed by atoms with Crippen LogP contribution in [0.25, 0.3) is 0 Å². The van der Waals surface area contributed by atoms with Crippen LogP contribution in [0.5, 0.6) is 0 Å². The van der Waals surface area contributed by atoms with E-state index in [2.05, 4.69) is 4.90 Å². The SMILES string of the molecule is NC(=O)CN(CC(N)=O)C(=O)C1CCCN(Cc2cccc(F)c2)C1. The number of carbonyl (C=O) groups excluding carboxylic acids is 3. The summed E-state index contributed by atoms with van der Waals surface area (Å²) in [6.45, 7) is 1.15. The second-order valence-corrected chi connectivity index (χ2v) is 6.33. The maximum Gasteiger partial charge on any atom is 0.237 e. The molecule has 0 radical (unpaired) electrons. The highest BCUT2D eigenvalue weighted by molar-refractivity contribution is 5.89. The second-order valence-electron chi connectivity index (χ2n) is 6.33. The largest absolute Gasteiger partial charge is 0.368 e. The number of piperidine rings is 1. The van der Waals surface area contributed by atoms with Crippen molar-refractivity contribution in [3.63, 3.8) is 0 Å². The first-order valence-electron chi connectivity index (χ1n) is 8.17. The Hall–Kier alpha value is -2.48.